The number of aromatic nitrogens is 2. The van der Waals surface area contributed by atoms with Crippen molar-refractivity contribution in [2.75, 3.05) is 5.32 Å². The van der Waals surface area contributed by atoms with Gasteiger partial charge in [0.05, 0.1) is 22.0 Å². The van der Waals surface area contributed by atoms with Crippen LogP contribution in [0.5, 0.6) is 0 Å². The quantitative estimate of drug-likeness (QED) is 0.670. The van der Waals surface area contributed by atoms with Crippen LogP contribution in [0.25, 0.3) is 0 Å². The van der Waals surface area contributed by atoms with E-state index in [-0.39, 0.29) is 10.8 Å². The van der Waals surface area contributed by atoms with Crippen LogP contribution in [0.15, 0.2) is 29.3 Å². The van der Waals surface area contributed by atoms with E-state index in [9.17, 15) is 14.9 Å². The Morgan fingerprint density at radius 3 is 2.74 bits per heavy atom. The van der Waals surface area contributed by atoms with Crippen LogP contribution in [0.3, 0.4) is 0 Å². The molecule has 2 rings (SSSR count). The van der Waals surface area contributed by atoms with Crippen molar-refractivity contribution in [2.24, 2.45) is 0 Å². The highest BCUT2D eigenvalue weighted by molar-refractivity contribution is 6.36. The Bertz CT molecular complexity index is 701. The summed E-state index contributed by atoms with van der Waals surface area (Å²) in [6.45, 7) is 0. The minimum atomic E-state index is -0.854. The van der Waals surface area contributed by atoms with Gasteiger partial charge in [-0.1, -0.05) is 23.2 Å². The maximum atomic E-state index is 11.4. The zero-order valence-corrected chi connectivity index (χ0v) is 10.7. The molecule has 1 aromatic carbocycles. The summed E-state index contributed by atoms with van der Waals surface area (Å²) in [5.41, 5.74) is -1.19. The summed E-state index contributed by atoms with van der Waals surface area (Å²) in [4.78, 5) is 27.2. The molecule has 98 valence electrons. The average Bonchev–Trinajstić information content (AvgIpc) is 2.32. The Morgan fingerprint density at radius 2 is 2.11 bits per heavy atom. The standard InChI is InChI=1S/C10H6Cl2N4O3/c11-5-1-2-7(6(12)3-5)15-9-8(16(18)19)10(17)14-4-13-9/h1-4H,(H2,13,14,15,17). The lowest BCUT2D eigenvalue weighted by Gasteiger charge is -2.07. The summed E-state index contributed by atoms with van der Waals surface area (Å²) in [7, 11) is 0. The number of anilines is 2. The van der Waals surface area contributed by atoms with Crippen LogP contribution in [0.2, 0.25) is 10.0 Å². The minimum Gasteiger partial charge on any atom is -0.333 e. The predicted octanol–water partition coefficient (Wildman–Crippen LogP) is 2.73. The molecule has 2 N–H and O–H groups in total. The van der Waals surface area contributed by atoms with Crippen LogP contribution in [0.4, 0.5) is 17.2 Å². The molecular formula is C10H6Cl2N4O3. The summed E-state index contributed by atoms with van der Waals surface area (Å²) in [6.07, 6.45) is 1.06. The molecule has 0 unspecified atom stereocenters. The molecule has 0 saturated heterocycles. The van der Waals surface area contributed by atoms with Crippen molar-refractivity contribution < 1.29 is 4.92 Å². The number of rotatable bonds is 3. The van der Waals surface area contributed by atoms with E-state index in [1.54, 1.807) is 6.07 Å². The van der Waals surface area contributed by atoms with Crippen LogP contribution in [0, 0.1) is 10.1 Å². The van der Waals surface area contributed by atoms with Gasteiger partial charge in [-0.2, -0.15) is 0 Å². The van der Waals surface area contributed by atoms with Crippen molar-refractivity contribution in [3.63, 3.8) is 0 Å². The number of halogens is 2. The summed E-state index contributed by atoms with van der Waals surface area (Å²) in [6, 6.07) is 4.54. The van der Waals surface area contributed by atoms with Gasteiger partial charge in [-0.05, 0) is 18.2 Å². The van der Waals surface area contributed by atoms with E-state index >= 15 is 0 Å². The second-order valence-electron chi connectivity index (χ2n) is 3.44. The molecule has 0 aliphatic heterocycles. The van der Waals surface area contributed by atoms with Crippen molar-refractivity contribution in [2.45, 2.75) is 0 Å². The number of aromatic amines is 1. The first-order chi connectivity index (χ1) is 8.99. The monoisotopic (exact) mass is 300 g/mol. The Kier molecular flexibility index (Phi) is 3.68. The minimum absolute atomic E-state index is 0.196. The first-order valence-corrected chi connectivity index (χ1v) is 5.69. The largest absolute Gasteiger partial charge is 0.376 e. The highest BCUT2D eigenvalue weighted by atomic mass is 35.5. The summed E-state index contributed by atoms with van der Waals surface area (Å²) >= 11 is 11.7. The topological polar surface area (TPSA) is 101 Å². The third-order valence-electron chi connectivity index (χ3n) is 2.20. The van der Waals surface area contributed by atoms with Crippen molar-refractivity contribution in [3.8, 4) is 0 Å². The van der Waals surface area contributed by atoms with Gasteiger partial charge in [0, 0.05) is 5.02 Å². The van der Waals surface area contributed by atoms with E-state index in [0.717, 1.165) is 6.33 Å². The lowest BCUT2D eigenvalue weighted by molar-refractivity contribution is -0.385. The van der Waals surface area contributed by atoms with Crippen molar-refractivity contribution >= 4 is 40.4 Å². The molecule has 19 heavy (non-hydrogen) atoms. The van der Waals surface area contributed by atoms with Crippen molar-refractivity contribution in [1.82, 2.24) is 9.97 Å². The van der Waals surface area contributed by atoms with Crippen LogP contribution in [0.1, 0.15) is 0 Å². The third-order valence-corrected chi connectivity index (χ3v) is 2.74. The molecule has 7 nitrogen and oxygen atoms in total. The molecule has 0 aliphatic carbocycles. The van der Waals surface area contributed by atoms with E-state index in [1.165, 1.54) is 12.1 Å². The maximum absolute atomic E-state index is 11.4. The van der Waals surface area contributed by atoms with Gasteiger partial charge in [0.2, 0.25) is 5.82 Å². The Morgan fingerprint density at radius 1 is 1.37 bits per heavy atom. The molecule has 0 aliphatic rings. The molecule has 0 bridgehead atoms. The smallest absolute Gasteiger partial charge is 0.333 e. The van der Waals surface area contributed by atoms with Crippen LogP contribution in [-0.4, -0.2) is 14.9 Å². The zero-order valence-electron chi connectivity index (χ0n) is 9.18. The molecule has 0 atom stereocenters. The van der Waals surface area contributed by atoms with Gasteiger partial charge < -0.3 is 10.3 Å². The van der Waals surface area contributed by atoms with E-state index in [1.807, 2.05) is 0 Å². The number of nitrogens with zero attached hydrogens (tertiary/aromatic N) is 2. The summed E-state index contributed by atoms with van der Waals surface area (Å²) in [5.74, 6) is -0.196. The van der Waals surface area contributed by atoms with Gasteiger partial charge in [-0.3, -0.25) is 14.9 Å². The number of nitro groups is 1. The van der Waals surface area contributed by atoms with Crippen LogP contribution < -0.4 is 10.9 Å². The highest BCUT2D eigenvalue weighted by Crippen LogP contribution is 2.29. The molecular weight excluding hydrogens is 295 g/mol. The predicted molar refractivity (Wildman–Crippen MR) is 71.3 cm³/mol. The number of nitrogens with one attached hydrogen (secondary N) is 2. The molecule has 0 spiro atoms. The van der Waals surface area contributed by atoms with Crippen LogP contribution >= 0.6 is 23.2 Å². The fourth-order valence-corrected chi connectivity index (χ4v) is 1.83. The highest BCUT2D eigenvalue weighted by Gasteiger charge is 2.21. The lowest BCUT2D eigenvalue weighted by Crippen LogP contribution is -2.14. The average molecular weight is 301 g/mol. The second kappa shape index (κ2) is 5.25. The number of benzene rings is 1. The van der Waals surface area contributed by atoms with E-state index in [0.29, 0.717) is 10.7 Å². The molecule has 2 aromatic rings. The molecule has 0 radical (unpaired) electrons. The third kappa shape index (κ3) is 2.83. The SMILES string of the molecule is O=c1[nH]cnc(Nc2ccc(Cl)cc2Cl)c1[N+](=O)[O-]. The van der Waals surface area contributed by atoms with Crippen LogP contribution in [-0.2, 0) is 0 Å². The second-order valence-corrected chi connectivity index (χ2v) is 4.28. The van der Waals surface area contributed by atoms with Crippen molar-refractivity contribution in [3.05, 3.63) is 55.0 Å². The van der Waals surface area contributed by atoms with Gasteiger partial charge in [-0.15, -0.1) is 0 Å². The number of hydrogen-bond donors (Lipinski definition) is 2. The van der Waals surface area contributed by atoms with E-state index in [4.69, 9.17) is 23.2 Å². The van der Waals surface area contributed by atoms with Gasteiger partial charge in [0.15, 0.2) is 0 Å². The normalized spacial score (nSPS) is 10.2. The number of H-pyrrole nitrogens is 1. The molecule has 0 amide bonds. The Balaban J connectivity index is 2.47. The Labute approximate surface area is 116 Å². The first kappa shape index (κ1) is 13.3. The first-order valence-electron chi connectivity index (χ1n) is 4.93. The summed E-state index contributed by atoms with van der Waals surface area (Å²) in [5, 5.41) is 14.1. The van der Waals surface area contributed by atoms with Gasteiger partial charge in [0.1, 0.15) is 0 Å². The summed E-state index contributed by atoms with van der Waals surface area (Å²) < 4.78 is 0. The molecule has 1 heterocycles. The van der Waals surface area contributed by atoms with Crippen molar-refractivity contribution in [1.29, 1.82) is 0 Å². The van der Waals surface area contributed by atoms with E-state index < -0.39 is 16.2 Å². The Hall–Kier alpha value is -2.12. The molecule has 9 heteroatoms. The number of hydrogen-bond acceptors (Lipinski definition) is 5. The molecule has 1 aromatic heterocycles. The molecule has 0 fully saturated rings. The lowest BCUT2D eigenvalue weighted by atomic mass is 10.3. The fraction of sp³-hybridized carbons (Fsp3) is 0. The fourth-order valence-electron chi connectivity index (χ4n) is 1.37. The van der Waals surface area contributed by atoms with E-state index in [2.05, 4.69) is 15.3 Å². The van der Waals surface area contributed by atoms with Gasteiger partial charge in [0.25, 0.3) is 0 Å². The van der Waals surface area contributed by atoms with Gasteiger partial charge >= 0.3 is 11.2 Å². The zero-order chi connectivity index (χ0) is 14.0. The van der Waals surface area contributed by atoms with Gasteiger partial charge in [-0.25, -0.2) is 4.98 Å². The maximum Gasteiger partial charge on any atom is 0.376 e. The molecule has 0 saturated carbocycles.